The lowest BCUT2D eigenvalue weighted by atomic mass is 10.2. The SMILES string of the molecule is Cc1nc(Nc2ncc(C(=O)Nc3c(C)cccc3Cl)s2)cc(N2CCN(CCN)CC2)n1. The number of hydrogen-bond acceptors (Lipinski definition) is 9. The van der Waals surface area contributed by atoms with Crippen molar-refractivity contribution in [2.24, 2.45) is 5.73 Å². The first-order chi connectivity index (χ1) is 15.9. The molecule has 1 fully saturated rings. The second-order valence-electron chi connectivity index (χ2n) is 7.82. The second-order valence-corrected chi connectivity index (χ2v) is 9.25. The lowest BCUT2D eigenvalue weighted by Crippen LogP contribution is -2.48. The summed E-state index contributed by atoms with van der Waals surface area (Å²) in [5, 5.41) is 7.16. The van der Waals surface area contributed by atoms with Crippen molar-refractivity contribution in [2.45, 2.75) is 13.8 Å². The fourth-order valence-corrected chi connectivity index (χ4v) is 4.66. The minimum atomic E-state index is -0.258. The largest absolute Gasteiger partial charge is 0.354 e. The van der Waals surface area contributed by atoms with E-state index < -0.39 is 0 Å². The number of nitrogens with one attached hydrogen (secondary N) is 2. The van der Waals surface area contributed by atoms with E-state index in [1.54, 1.807) is 12.3 Å². The first-order valence-corrected chi connectivity index (χ1v) is 11.9. The van der Waals surface area contributed by atoms with Crippen molar-refractivity contribution in [1.82, 2.24) is 19.9 Å². The van der Waals surface area contributed by atoms with Crippen molar-refractivity contribution in [1.29, 1.82) is 0 Å². The van der Waals surface area contributed by atoms with Gasteiger partial charge in [0, 0.05) is 45.3 Å². The molecular formula is C22H27ClN8OS. The summed E-state index contributed by atoms with van der Waals surface area (Å²) in [6.07, 6.45) is 1.54. The van der Waals surface area contributed by atoms with Crippen molar-refractivity contribution in [3.63, 3.8) is 0 Å². The Morgan fingerprint density at radius 3 is 2.73 bits per heavy atom. The van der Waals surface area contributed by atoms with Gasteiger partial charge in [-0.3, -0.25) is 9.69 Å². The molecule has 2 aromatic heterocycles. The molecule has 11 heteroatoms. The molecule has 33 heavy (non-hydrogen) atoms. The maximum atomic E-state index is 12.7. The molecule has 4 rings (SSSR count). The summed E-state index contributed by atoms with van der Waals surface area (Å²) in [5.74, 6) is 1.93. The van der Waals surface area contributed by atoms with Gasteiger partial charge in [0.05, 0.1) is 16.9 Å². The minimum absolute atomic E-state index is 0.258. The van der Waals surface area contributed by atoms with Gasteiger partial charge in [-0.2, -0.15) is 0 Å². The number of hydrogen-bond donors (Lipinski definition) is 3. The van der Waals surface area contributed by atoms with Gasteiger partial charge in [0.2, 0.25) is 0 Å². The third kappa shape index (κ3) is 5.77. The first kappa shape index (κ1) is 23.4. The Kier molecular flexibility index (Phi) is 7.39. The fraction of sp³-hybridized carbons (Fsp3) is 0.364. The Morgan fingerprint density at radius 2 is 2.00 bits per heavy atom. The third-order valence-corrected chi connectivity index (χ3v) is 6.62. The Balaban J connectivity index is 1.43. The number of aromatic nitrogens is 3. The molecule has 1 aliphatic heterocycles. The summed E-state index contributed by atoms with van der Waals surface area (Å²) < 4.78 is 0. The number of piperazine rings is 1. The number of rotatable bonds is 7. The van der Waals surface area contributed by atoms with Crippen LogP contribution in [0.15, 0.2) is 30.5 Å². The van der Waals surface area contributed by atoms with E-state index in [9.17, 15) is 4.79 Å². The lowest BCUT2D eigenvalue weighted by molar-refractivity contribution is 0.103. The average Bonchev–Trinajstić information content (AvgIpc) is 3.25. The highest BCUT2D eigenvalue weighted by Crippen LogP contribution is 2.28. The summed E-state index contributed by atoms with van der Waals surface area (Å²) in [4.78, 5) is 31.2. The smallest absolute Gasteiger partial charge is 0.267 e. The molecule has 3 aromatic rings. The summed E-state index contributed by atoms with van der Waals surface area (Å²) in [7, 11) is 0. The standard InChI is InChI=1S/C22H27ClN8OS/c1-14-4-3-5-16(23)20(14)29-21(32)17-13-25-22(33-17)28-18-12-19(27-15(2)26-18)31-10-8-30(7-6-24)9-11-31/h3-5,12-13H,6-11,24H2,1-2H3,(H,29,32)(H,25,26,27,28). The van der Waals surface area contributed by atoms with Crippen LogP contribution < -0.4 is 21.3 Å². The number of carbonyl (C=O) groups is 1. The van der Waals surface area contributed by atoms with E-state index in [0.29, 0.717) is 38.9 Å². The van der Waals surface area contributed by atoms with Crippen molar-refractivity contribution in [3.8, 4) is 0 Å². The van der Waals surface area contributed by atoms with E-state index in [1.807, 2.05) is 32.0 Å². The van der Waals surface area contributed by atoms with E-state index in [1.165, 1.54) is 11.3 Å². The lowest BCUT2D eigenvalue weighted by Gasteiger charge is -2.35. The van der Waals surface area contributed by atoms with Crippen LogP contribution in [0, 0.1) is 13.8 Å². The molecular weight excluding hydrogens is 460 g/mol. The van der Waals surface area contributed by atoms with Crippen LogP contribution in [-0.2, 0) is 0 Å². The summed E-state index contributed by atoms with van der Waals surface area (Å²) >= 11 is 7.48. The molecule has 0 aliphatic carbocycles. The van der Waals surface area contributed by atoms with Gasteiger partial charge in [-0.1, -0.05) is 35.1 Å². The van der Waals surface area contributed by atoms with E-state index in [4.69, 9.17) is 17.3 Å². The van der Waals surface area contributed by atoms with Gasteiger partial charge in [0.25, 0.3) is 5.91 Å². The zero-order valence-corrected chi connectivity index (χ0v) is 20.2. The molecule has 0 spiro atoms. The van der Waals surface area contributed by atoms with Crippen LogP contribution in [0.1, 0.15) is 21.1 Å². The van der Waals surface area contributed by atoms with Gasteiger partial charge >= 0.3 is 0 Å². The molecule has 4 N–H and O–H groups in total. The molecule has 0 bridgehead atoms. The van der Waals surface area contributed by atoms with E-state index in [0.717, 1.165) is 44.1 Å². The Labute approximate surface area is 202 Å². The molecule has 0 atom stereocenters. The highest BCUT2D eigenvalue weighted by Gasteiger charge is 2.19. The van der Waals surface area contributed by atoms with Crippen LogP contribution in [0.3, 0.4) is 0 Å². The number of amides is 1. The topological polar surface area (TPSA) is 112 Å². The van der Waals surface area contributed by atoms with Crippen LogP contribution in [0.4, 0.5) is 22.5 Å². The molecule has 174 valence electrons. The zero-order chi connectivity index (χ0) is 23.4. The summed E-state index contributed by atoms with van der Waals surface area (Å²) in [6.45, 7) is 9.04. The Hall–Kier alpha value is -2.79. The minimum Gasteiger partial charge on any atom is -0.354 e. The van der Waals surface area contributed by atoms with Crippen LogP contribution in [0.2, 0.25) is 5.02 Å². The molecule has 0 unspecified atom stereocenters. The van der Waals surface area contributed by atoms with Crippen molar-refractivity contribution in [2.75, 3.05) is 54.8 Å². The predicted molar refractivity (Wildman–Crippen MR) is 134 cm³/mol. The van der Waals surface area contributed by atoms with Gasteiger partial charge in [-0.25, -0.2) is 15.0 Å². The highest BCUT2D eigenvalue weighted by molar-refractivity contribution is 7.17. The summed E-state index contributed by atoms with van der Waals surface area (Å²) in [6, 6.07) is 7.41. The summed E-state index contributed by atoms with van der Waals surface area (Å²) in [5.41, 5.74) is 7.17. The Bertz CT molecular complexity index is 1110. The van der Waals surface area contributed by atoms with Crippen molar-refractivity contribution in [3.05, 3.63) is 51.7 Å². The number of para-hydroxylation sites is 1. The van der Waals surface area contributed by atoms with E-state index in [-0.39, 0.29) is 5.91 Å². The first-order valence-electron chi connectivity index (χ1n) is 10.8. The van der Waals surface area contributed by atoms with Crippen LogP contribution in [0.25, 0.3) is 0 Å². The number of halogens is 1. The van der Waals surface area contributed by atoms with Gasteiger partial charge in [0.1, 0.15) is 22.3 Å². The van der Waals surface area contributed by atoms with Crippen LogP contribution >= 0.6 is 22.9 Å². The van der Waals surface area contributed by atoms with E-state index >= 15 is 0 Å². The number of thiazole rings is 1. The van der Waals surface area contributed by atoms with E-state index in [2.05, 4.69) is 35.4 Å². The third-order valence-electron chi connectivity index (χ3n) is 5.39. The molecule has 3 heterocycles. The number of benzene rings is 1. The second kappa shape index (κ2) is 10.4. The maximum absolute atomic E-state index is 12.7. The molecule has 1 aromatic carbocycles. The Morgan fingerprint density at radius 1 is 1.21 bits per heavy atom. The molecule has 1 amide bonds. The van der Waals surface area contributed by atoms with Crippen molar-refractivity contribution >= 4 is 51.3 Å². The fourth-order valence-electron chi connectivity index (χ4n) is 3.67. The maximum Gasteiger partial charge on any atom is 0.267 e. The number of nitrogens with zero attached hydrogens (tertiary/aromatic N) is 5. The van der Waals surface area contributed by atoms with Crippen LogP contribution in [-0.4, -0.2) is 65.0 Å². The predicted octanol–water partition coefficient (Wildman–Crippen LogP) is 3.28. The van der Waals surface area contributed by atoms with Gasteiger partial charge in [0.15, 0.2) is 5.13 Å². The molecule has 0 radical (unpaired) electrons. The number of carbonyl (C=O) groups excluding carboxylic acids is 1. The van der Waals surface area contributed by atoms with Gasteiger partial charge in [-0.15, -0.1) is 0 Å². The normalized spacial score (nSPS) is 14.4. The molecule has 1 aliphatic rings. The van der Waals surface area contributed by atoms with Gasteiger partial charge < -0.3 is 21.3 Å². The molecule has 1 saturated heterocycles. The van der Waals surface area contributed by atoms with Gasteiger partial charge in [-0.05, 0) is 25.5 Å². The zero-order valence-electron chi connectivity index (χ0n) is 18.6. The van der Waals surface area contributed by atoms with Crippen molar-refractivity contribution < 1.29 is 4.79 Å². The number of nitrogens with two attached hydrogens (primary N) is 1. The molecule has 9 nitrogen and oxygen atoms in total. The monoisotopic (exact) mass is 486 g/mol. The highest BCUT2D eigenvalue weighted by atomic mass is 35.5. The molecule has 0 saturated carbocycles. The number of aryl methyl sites for hydroxylation is 2. The quantitative estimate of drug-likeness (QED) is 0.466. The average molecular weight is 487 g/mol. The number of anilines is 4. The van der Waals surface area contributed by atoms with Crippen LogP contribution in [0.5, 0.6) is 0 Å².